The number of nitrogens with one attached hydrogen (secondary N) is 2. The molecule has 0 aromatic heterocycles. The Morgan fingerprint density at radius 2 is 2.25 bits per heavy atom. The Hall–Kier alpha value is -1.59. The second-order valence-electron chi connectivity index (χ2n) is 7.33. The van der Waals surface area contributed by atoms with Crippen LogP contribution in [0.5, 0.6) is 5.75 Å². The molecule has 1 saturated carbocycles. The minimum Gasteiger partial charge on any atom is -0.491 e. The zero-order chi connectivity index (χ0) is 16.4. The third kappa shape index (κ3) is 3.42. The largest absolute Gasteiger partial charge is 0.491 e. The lowest BCUT2D eigenvalue weighted by Gasteiger charge is -2.23. The van der Waals surface area contributed by atoms with Crippen LogP contribution < -0.4 is 15.4 Å². The Morgan fingerprint density at radius 3 is 3.04 bits per heavy atom. The highest BCUT2D eigenvalue weighted by Gasteiger charge is 2.57. The summed E-state index contributed by atoms with van der Waals surface area (Å²) in [5, 5.41) is 6.45. The molecule has 130 valence electrons. The number of rotatable bonds is 5. The van der Waals surface area contributed by atoms with E-state index in [4.69, 9.17) is 9.47 Å². The molecule has 0 radical (unpaired) electrons. The van der Waals surface area contributed by atoms with Gasteiger partial charge in [-0.2, -0.15) is 0 Å². The monoisotopic (exact) mass is 330 g/mol. The molecule has 5 nitrogen and oxygen atoms in total. The molecule has 3 fully saturated rings. The van der Waals surface area contributed by atoms with Gasteiger partial charge in [-0.05, 0) is 62.7 Å². The van der Waals surface area contributed by atoms with Gasteiger partial charge in [0.05, 0.1) is 6.10 Å². The second kappa shape index (κ2) is 6.73. The molecule has 1 aromatic carbocycles. The maximum absolute atomic E-state index is 12.5. The van der Waals surface area contributed by atoms with Gasteiger partial charge in [0.2, 0.25) is 5.91 Å². The highest BCUT2D eigenvalue weighted by Crippen LogP contribution is 2.58. The minimum atomic E-state index is 0.160. The van der Waals surface area contributed by atoms with E-state index in [1.807, 2.05) is 24.3 Å². The van der Waals surface area contributed by atoms with Crippen molar-refractivity contribution in [3.05, 3.63) is 24.3 Å². The molecule has 2 saturated heterocycles. The number of hydrogen-bond acceptors (Lipinski definition) is 4. The average Bonchev–Trinajstić information content (AvgIpc) is 3.05. The minimum absolute atomic E-state index is 0.160. The first-order valence-corrected chi connectivity index (χ1v) is 9.11. The Bertz CT molecular complexity index is 592. The Kier molecular flexibility index (Phi) is 4.46. The van der Waals surface area contributed by atoms with Gasteiger partial charge < -0.3 is 20.1 Å². The van der Waals surface area contributed by atoms with E-state index in [1.165, 1.54) is 0 Å². The molecule has 3 aliphatic rings. The molecule has 4 rings (SSSR count). The summed E-state index contributed by atoms with van der Waals surface area (Å²) < 4.78 is 11.4. The first-order chi connectivity index (χ1) is 11.8. The Morgan fingerprint density at radius 1 is 1.38 bits per heavy atom. The molecule has 2 heterocycles. The summed E-state index contributed by atoms with van der Waals surface area (Å²) in [5.41, 5.74) is 1.09. The van der Waals surface area contributed by atoms with Crippen LogP contribution in [0.25, 0.3) is 0 Å². The van der Waals surface area contributed by atoms with Crippen LogP contribution in [0.15, 0.2) is 24.3 Å². The van der Waals surface area contributed by atoms with E-state index in [9.17, 15) is 4.79 Å². The van der Waals surface area contributed by atoms with Crippen LogP contribution >= 0.6 is 0 Å². The topological polar surface area (TPSA) is 59.6 Å². The second-order valence-corrected chi connectivity index (χ2v) is 7.33. The average molecular weight is 330 g/mol. The van der Waals surface area contributed by atoms with Crippen molar-refractivity contribution in [2.75, 3.05) is 31.6 Å². The van der Waals surface area contributed by atoms with Crippen LogP contribution in [0.3, 0.4) is 0 Å². The van der Waals surface area contributed by atoms with Crippen LogP contribution in [0.1, 0.15) is 32.1 Å². The van der Waals surface area contributed by atoms with Gasteiger partial charge in [0.25, 0.3) is 0 Å². The summed E-state index contributed by atoms with van der Waals surface area (Å²) >= 11 is 0. The van der Waals surface area contributed by atoms with Gasteiger partial charge in [-0.25, -0.2) is 0 Å². The molecule has 0 bridgehead atoms. The molecule has 1 spiro atoms. The third-order valence-corrected chi connectivity index (χ3v) is 5.67. The number of amides is 1. The van der Waals surface area contributed by atoms with Gasteiger partial charge in [0.15, 0.2) is 0 Å². The number of anilines is 1. The van der Waals surface area contributed by atoms with Crippen molar-refractivity contribution in [1.82, 2.24) is 5.32 Å². The molecule has 2 aliphatic heterocycles. The van der Waals surface area contributed by atoms with Gasteiger partial charge in [-0.3, -0.25) is 4.79 Å². The fourth-order valence-electron chi connectivity index (χ4n) is 4.05. The van der Waals surface area contributed by atoms with E-state index in [2.05, 4.69) is 10.6 Å². The quantitative estimate of drug-likeness (QED) is 0.871. The van der Waals surface area contributed by atoms with E-state index >= 15 is 0 Å². The molecule has 5 heteroatoms. The number of carbonyl (C=O) groups excluding carboxylic acids is 1. The number of hydrogen-bond donors (Lipinski definition) is 2. The molecule has 1 amide bonds. The van der Waals surface area contributed by atoms with E-state index in [1.54, 1.807) is 0 Å². The lowest BCUT2D eigenvalue weighted by Crippen LogP contribution is -2.31. The fraction of sp³-hybridized carbons (Fsp3) is 0.632. The van der Waals surface area contributed by atoms with Crippen molar-refractivity contribution in [1.29, 1.82) is 0 Å². The highest BCUT2D eigenvalue weighted by molar-refractivity contribution is 5.95. The molecular weight excluding hydrogens is 304 g/mol. The van der Waals surface area contributed by atoms with Crippen molar-refractivity contribution >= 4 is 11.6 Å². The third-order valence-electron chi connectivity index (χ3n) is 5.67. The van der Waals surface area contributed by atoms with Crippen LogP contribution in [-0.2, 0) is 9.53 Å². The first-order valence-electron chi connectivity index (χ1n) is 9.11. The highest BCUT2D eigenvalue weighted by atomic mass is 16.5. The number of benzene rings is 1. The molecule has 2 atom stereocenters. The van der Waals surface area contributed by atoms with Gasteiger partial charge in [-0.15, -0.1) is 0 Å². The zero-order valence-corrected chi connectivity index (χ0v) is 14.1. The van der Waals surface area contributed by atoms with Crippen LogP contribution in [0.2, 0.25) is 0 Å². The summed E-state index contributed by atoms with van der Waals surface area (Å²) in [6.07, 6.45) is 5.66. The van der Waals surface area contributed by atoms with E-state index in [0.717, 1.165) is 63.2 Å². The summed E-state index contributed by atoms with van der Waals surface area (Å²) in [7, 11) is 0. The van der Waals surface area contributed by atoms with Gasteiger partial charge in [0, 0.05) is 24.3 Å². The summed E-state index contributed by atoms with van der Waals surface area (Å²) in [6, 6.07) is 7.68. The zero-order valence-electron chi connectivity index (χ0n) is 14.1. The smallest absolute Gasteiger partial charge is 0.228 e. The SMILES string of the molecule is O=C(Nc1cccc(OCC2CCCO2)c1)C1CC12CCNCC2. The predicted octanol–water partition coefficient (Wildman–Crippen LogP) is 2.57. The molecule has 2 N–H and O–H groups in total. The Labute approximate surface area is 143 Å². The predicted molar refractivity (Wildman–Crippen MR) is 92.2 cm³/mol. The van der Waals surface area contributed by atoms with Crippen molar-refractivity contribution in [2.24, 2.45) is 11.3 Å². The molecule has 24 heavy (non-hydrogen) atoms. The van der Waals surface area contributed by atoms with E-state index in [-0.39, 0.29) is 23.3 Å². The molecule has 1 aliphatic carbocycles. The van der Waals surface area contributed by atoms with Gasteiger partial charge in [-0.1, -0.05) is 6.07 Å². The summed E-state index contributed by atoms with van der Waals surface area (Å²) in [5.74, 6) is 1.12. The van der Waals surface area contributed by atoms with E-state index in [0.29, 0.717) is 6.61 Å². The maximum atomic E-state index is 12.5. The molecule has 1 aromatic rings. The Balaban J connectivity index is 1.31. The lowest BCUT2D eigenvalue weighted by molar-refractivity contribution is -0.118. The van der Waals surface area contributed by atoms with Crippen LogP contribution in [0, 0.1) is 11.3 Å². The first kappa shape index (κ1) is 15.9. The standard InChI is InChI=1S/C19H26N2O3/c22-18(17-12-19(17)6-8-20-9-7-19)21-14-3-1-4-15(11-14)24-13-16-5-2-10-23-16/h1,3-4,11,16-17,20H,2,5-10,12-13H2,(H,21,22). The number of piperidine rings is 1. The maximum Gasteiger partial charge on any atom is 0.228 e. The summed E-state index contributed by atoms with van der Waals surface area (Å²) in [4.78, 5) is 12.5. The molecule has 2 unspecified atom stereocenters. The normalized spacial score (nSPS) is 27.8. The van der Waals surface area contributed by atoms with Crippen LogP contribution in [0.4, 0.5) is 5.69 Å². The van der Waals surface area contributed by atoms with Crippen LogP contribution in [-0.4, -0.2) is 38.3 Å². The van der Waals surface area contributed by atoms with Crippen molar-refractivity contribution in [2.45, 2.75) is 38.2 Å². The van der Waals surface area contributed by atoms with E-state index < -0.39 is 0 Å². The fourth-order valence-corrected chi connectivity index (χ4v) is 4.05. The lowest BCUT2D eigenvalue weighted by atomic mass is 9.92. The van der Waals surface area contributed by atoms with Gasteiger partial charge in [0.1, 0.15) is 12.4 Å². The van der Waals surface area contributed by atoms with Gasteiger partial charge >= 0.3 is 0 Å². The van der Waals surface area contributed by atoms with Crippen molar-refractivity contribution in [3.63, 3.8) is 0 Å². The number of ether oxygens (including phenoxy) is 2. The van der Waals surface area contributed by atoms with Crippen molar-refractivity contribution < 1.29 is 14.3 Å². The summed E-state index contributed by atoms with van der Waals surface area (Å²) in [6.45, 7) is 3.49. The molecular formula is C19H26N2O3. The van der Waals surface area contributed by atoms with Crippen molar-refractivity contribution in [3.8, 4) is 5.75 Å². The number of carbonyl (C=O) groups is 1.